The topological polar surface area (TPSA) is 27.7 Å². The Hall–Kier alpha value is -3.98. The highest BCUT2D eigenvalue weighted by molar-refractivity contribution is 6.01. The van der Waals surface area contributed by atoms with Crippen molar-refractivity contribution in [2.75, 3.05) is 19.8 Å². The lowest BCUT2D eigenvalue weighted by Gasteiger charge is -2.17. The van der Waals surface area contributed by atoms with Crippen LogP contribution < -0.4 is 14.2 Å². The summed E-state index contributed by atoms with van der Waals surface area (Å²) in [5, 5.41) is 2.52. The molecule has 0 aliphatic carbocycles. The molecular formula is C54H76O3. The third kappa shape index (κ3) is 15.7. The Labute approximate surface area is 348 Å². The van der Waals surface area contributed by atoms with E-state index < -0.39 is 0 Å². The summed E-state index contributed by atoms with van der Waals surface area (Å²) in [6.45, 7) is 18.0. The van der Waals surface area contributed by atoms with Gasteiger partial charge in [0.1, 0.15) is 17.2 Å². The zero-order valence-electron chi connectivity index (χ0n) is 37.0. The highest BCUT2D eigenvalue weighted by atomic mass is 16.5. The van der Waals surface area contributed by atoms with Crippen molar-refractivity contribution < 1.29 is 14.2 Å². The summed E-state index contributed by atoms with van der Waals surface area (Å²) >= 11 is 0. The molecule has 310 valence electrons. The Morgan fingerprint density at radius 3 is 1.72 bits per heavy atom. The van der Waals surface area contributed by atoms with Gasteiger partial charge in [-0.25, -0.2) is 0 Å². The maximum atomic E-state index is 6.61. The lowest BCUT2D eigenvalue weighted by atomic mass is 9.90. The summed E-state index contributed by atoms with van der Waals surface area (Å²) in [5.41, 5.74) is 6.99. The van der Waals surface area contributed by atoms with Gasteiger partial charge in [-0.15, -0.1) is 0 Å². The number of fused-ring (bicyclic) bond motifs is 1. The minimum absolute atomic E-state index is 0.682. The molecule has 0 heterocycles. The van der Waals surface area contributed by atoms with Crippen LogP contribution in [0.1, 0.15) is 167 Å². The van der Waals surface area contributed by atoms with Crippen LogP contribution in [0.25, 0.3) is 40.1 Å². The van der Waals surface area contributed by atoms with Gasteiger partial charge < -0.3 is 14.2 Å². The number of hydrogen-bond donors (Lipinski definition) is 0. The smallest absolute Gasteiger partial charge is 0.127 e. The number of ether oxygens (including phenoxy) is 3. The number of hydrogen-bond acceptors (Lipinski definition) is 3. The van der Waals surface area contributed by atoms with Gasteiger partial charge >= 0.3 is 0 Å². The van der Waals surface area contributed by atoms with Crippen LogP contribution in [0.15, 0.2) is 72.8 Å². The zero-order chi connectivity index (χ0) is 40.7. The zero-order valence-corrected chi connectivity index (χ0v) is 37.0. The first-order chi connectivity index (χ1) is 27.8. The fourth-order valence-corrected chi connectivity index (χ4v) is 7.71. The van der Waals surface area contributed by atoms with Crippen LogP contribution >= 0.6 is 0 Å². The van der Waals surface area contributed by atoms with Crippen molar-refractivity contribution >= 4 is 29.0 Å². The standard InChI is InChI=1S/C54H76O3/c1-8-11-13-15-17-21-36-56-53-41-47(54(40-46(53)24-10-3)57-37-22-18-16-14-12-9-2)31-34-51-50-28-20-19-27-49(50)44(7)39-52(51)45-29-32-48(33-30-45)55-38-35-43(6)26-23-25-42(4)5/h10,19-20,24,27-34,39-43H,8-9,11-18,21-23,25-26,35-38H2,1-7H3/b24-10+,34-31+. The second-order valence-electron chi connectivity index (χ2n) is 16.8. The summed E-state index contributed by atoms with van der Waals surface area (Å²) in [6, 6.07) is 24.2. The van der Waals surface area contributed by atoms with Crippen molar-refractivity contribution in [1.29, 1.82) is 0 Å². The highest BCUT2D eigenvalue weighted by Crippen LogP contribution is 2.37. The van der Waals surface area contributed by atoms with Gasteiger partial charge in [-0.05, 0) is 102 Å². The molecule has 4 aromatic carbocycles. The van der Waals surface area contributed by atoms with E-state index in [0.717, 1.165) is 66.8 Å². The predicted octanol–water partition coefficient (Wildman–Crippen LogP) is 16.7. The van der Waals surface area contributed by atoms with E-state index in [1.165, 1.54) is 116 Å². The molecule has 0 spiro atoms. The summed E-state index contributed by atoms with van der Waals surface area (Å²) in [5.74, 6) is 4.23. The van der Waals surface area contributed by atoms with Crippen LogP contribution in [0.3, 0.4) is 0 Å². The maximum Gasteiger partial charge on any atom is 0.127 e. The van der Waals surface area contributed by atoms with Crippen LogP contribution in [-0.2, 0) is 0 Å². The van der Waals surface area contributed by atoms with Crippen molar-refractivity contribution in [3.05, 3.63) is 95.1 Å². The average Bonchev–Trinajstić information content (AvgIpc) is 3.21. The van der Waals surface area contributed by atoms with Crippen LogP contribution in [-0.4, -0.2) is 19.8 Å². The Kier molecular flexibility index (Phi) is 20.9. The molecule has 1 atom stereocenters. The second-order valence-corrected chi connectivity index (χ2v) is 16.8. The van der Waals surface area contributed by atoms with Crippen molar-refractivity contribution in [3.63, 3.8) is 0 Å². The molecule has 0 bridgehead atoms. The molecule has 0 aromatic heterocycles. The molecule has 4 rings (SSSR count). The third-order valence-corrected chi connectivity index (χ3v) is 11.2. The molecule has 4 aromatic rings. The minimum Gasteiger partial charge on any atom is -0.494 e. The Balaban J connectivity index is 1.62. The van der Waals surface area contributed by atoms with E-state index in [1.54, 1.807) is 0 Å². The Morgan fingerprint density at radius 2 is 1.12 bits per heavy atom. The quantitative estimate of drug-likeness (QED) is 0.0425. The van der Waals surface area contributed by atoms with Crippen molar-refractivity contribution in [2.45, 2.75) is 151 Å². The molecule has 0 radical (unpaired) electrons. The molecule has 3 heteroatoms. The number of aryl methyl sites for hydroxylation is 1. The average molecular weight is 773 g/mol. The molecule has 0 aliphatic rings. The van der Waals surface area contributed by atoms with Crippen LogP contribution in [0.4, 0.5) is 0 Å². The minimum atomic E-state index is 0.682. The second kappa shape index (κ2) is 26.1. The van der Waals surface area contributed by atoms with Crippen molar-refractivity contribution in [2.24, 2.45) is 11.8 Å². The number of rotatable bonds is 28. The van der Waals surface area contributed by atoms with Gasteiger partial charge in [0, 0.05) is 11.1 Å². The van der Waals surface area contributed by atoms with E-state index in [0.29, 0.717) is 12.5 Å². The van der Waals surface area contributed by atoms with Crippen molar-refractivity contribution in [3.8, 4) is 28.4 Å². The fraction of sp³-hybridized carbons (Fsp3) is 0.519. The molecular weight excluding hydrogens is 697 g/mol. The molecule has 0 fully saturated rings. The van der Waals surface area contributed by atoms with Gasteiger partial charge in [0.25, 0.3) is 0 Å². The van der Waals surface area contributed by atoms with E-state index in [2.05, 4.69) is 140 Å². The first kappa shape index (κ1) is 45.7. The predicted molar refractivity (Wildman–Crippen MR) is 250 cm³/mol. The van der Waals surface area contributed by atoms with E-state index >= 15 is 0 Å². The molecule has 3 nitrogen and oxygen atoms in total. The molecule has 0 amide bonds. The van der Waals surface area contributed by atoms with Gasteiger partial charge in [0.05, 0.1) is 19.8 Å². The number of allylic oxidation sites excluding steroid dienone is 1. The van der Waals surface area contributed by atoms with Crippen LogP contribution in [0, 0.1) is 18.8 Å². The van der Waals surface area contributed by atoms with E-state index in [1.807, 2.05) is 0 Å². The van der Waals surface area contributed by atoms with Gasteiger partial charge in [0.15, 0.2) is 0 Å². The summed E-state index contributed by atoms with van der Waals surface area (Å²) in [7, 11) is 0. The lowest BCUT2D eigenvalue weighted by molar-refractivity contribution is 0.276. The highest BCUT2D eigenvalue weighted by Gasteiger charge is 2.14. The molecule has 0 N–H and O–H groups in total. The monoisotopic (exact) mass is 773 g/mol. The van der Waals surface area contributed by atoms with E-state index in [9.17, 15) is 0 Å². The van der Waals surface area contributed by atoms with Gasteiger partial charge in [0.2, 0.25) is 0 Å². The molecule has 0 saturated heterocycles. The molecule has 0 aliphatic heterocycles. The number of unbranched alkanes of at least 4 members (excludes halogenated alkanes) is 10. The summed E-state index contributed by atoms with van der Waals surface area (Å²) in [4.78, 5) is 0. The third-order valence-electron chi connectivity index (χ3n) is 11.2. The molecule has 0 saturated carbocycles. The molecule has 57 heavy (non-hydrogen) atoms. The normalized spacial score (nSPS) is 12.4. The largest absolute Gasteiger partial charge is 0.494 e. The van der Waals surface area contributed by atoms with Crippen LogP contribution in [0.5, 0.6) is 17.2 Å². The summed E-state index contributed by atoms with van der Waals surface area (Å²) in [6.07, 6.45) is 28.6. The van der Waals surface area contributed by atoms with Gasteiger partial charge in [-0.2, -0.15) is 0 Å². The molecule has 1 unspecified atom stereocenters. The summed E-state index contributed by atoms with van der Waals surface area (Å²) < 4.78 is 19.4. The van der Waals surface area contributed by atoms with Gasteiger partial charge in [-0.1, -0.05) is 185 Å². The Bertz CT molecular complexity index is 1780. The van der Waals surface area contributed by atoms with E-state index in [-0.39, 0.29) is 0 Å². The fourth-order valence-electron chi connectivity index (χ4n) is 7.71. The first-order valence-corrected chi connectivity index (χ1v) is 22.8. The first-order valence-electron chi connectivity index (χ1n) is 22.8. The van der Waals surface area contributed by atoms with Crippen molar-refractivity contribution in [1.82, 2.24) is 0 Å². The lowest BCUT2D eigenvalue weighted by Crippen LogP contribution is -2.04. The van der Waals surface area contributed by atoms with Crippen LogP contribution in [0.2, 0.25) is 0 Å². The Morgan fingerprint density at radius 1 is 0.544 bits per heavy atom. The number of benzene rings is 4. The van der Waals surface area contributed by atoms with Gasteiger partial charge in [-0.3, -0.25) is 0 Å². The SMILES string of the molecule is C/C=C/c1cc(OCCCCCCCC)c(/C=C/c2c(-c3ccc(OCCC(C)CCCC(C)C)cc3)cc(C)c3ccccc23)cc1OCCCCCCCC. The maximum absolute atomic E-state index is 6.61. The van der Waals surface area contributed by atoms with E-state index in [4.69, 9.17) is 14.2 Å².